The number of nitrogen functional groups attached to an aromatic ring is 1. The Labute approximate surface area is 110 Å². The van der Waals surface area contributed by atoms with E-state index in [0.29, 0.717) is 11.3 Å². The summed E-state index contributed by atoms with van der Waals surface area (Å²) in [5, 5.41) is 2.08. The van der Waals surface area contributed by atoms with E-state index in [4.69, 9.17) is 5.73 Å². The lowest BCUT2D eigenvalue weighted by atomic mass is 9.98. The Balaban J connectivity index is 2.19. The highest BCUT2D eigenvalue weighted by atomic mass is 16.1. The molecule has 3 aromatic carbocycles. The van der Waals surface area contributed by atoms with Gasteiger partial charge < -0.3 is 5.73 Å². The number of nitrogens with two attached hydrogens (primary N) is 1. The lowest BCUT2D eigenvalue weighted by Gasteiger charge is -2.05. The van der Waals surface area contributed by atoms with Crippen molar-refractivity contribution in [1.82, 2.24) is 0 Å². The maximum absolute atomic E-state index is 12.6. The van der Waals surface area contributed by atoms with Crippen LogP contribution in [0.3, 0.4) is 0 Å². The third-order valence-corrected chi connectivity index (χ3v) is 3.77. The standard InChI is InChI=1S/C17H11NO/c18-14-7-3-6-13-15(14)12-9-8-10-4-1-2-5-11(10)16(12)17(13)19/h1-9H,18H2. The van der Waals surface area contributed by atoms with Crippen LogP contribution in [-0.2, 0) is 0 Å². The first-order valence-corrected chi connectivity index (χ1v) is 6.22. The molecule has 0 fully saturated rings. The molecular weight excluding hydrogens is 234 g/mol. The lowest BCUT2D eigenvalue weighted by Crippen LogP contribution is -1.96. The fourth-order valence-corrected chi connectivity index (χ4v) is 2.92. The van der Waals surface area contributed by atoms with E-state index in [1.807, 2.05) is 54.6 Å². The molecule has 2 N–H and O–H groups in total. The zero-order chi connectivity index (χ0) is 13.0. The molecule has 0 radical (unpaired) electrons. The Morgan fingerprint density at radius 3 is 2.47 bits per heavy atom. The average molecular weight is 245 g/mol. The van der Waals surface area contributed by atoms with Gasteiger partial charge in [0.25, 0.3) is 0 Å². The third-order valence-electron chi connectivity index (χ3n) is 3.77. The molecule has 0 spiro atoms. The Bertz CT molecular complexity index is 849. The van der Waals surface area contributed by atoms with Crippen LogP contribution in [0.4, 0.5) is 5.69 Å². The normalized spacial score (nSPS) is 12.5. The monoisotopic (exact) mass is 245 g/mol. The Hall–Kier alpha value is -2.61. The van der Waals surface area contributed by atoms with E-state index < -0.39 is 0 Å². The van der Waals surface area contributed by atoms with Gasteiger partial charge >= 0.3 is 0 Å². The zero-order valence-corrected chi connectivity index (χ0v) is 10.2. The molecule has 0 bridgehead atoms. The molecule has 2 nitrogen and oxygen atoms in total. The molecule has 0 amide bonds. The van der Waals surface area contributed by atoms with Crippen LogP contribution in [0.5, 0.6) is 0 Å². The van der Waals surface area contributed by atoms with Gasteiger partial charge in [-0.3, -0.25) is 4.79 Å². The second-order valence-corrected chi connectivity index (χ2v) is 4.81. The number of ketones is 1. The smallest absolute Gasteiger partial charge is 0.194 e. The van der Waals surface area contributed by atoms with Gasteiger partial charge in [0.1, 0.15) is 0 Å². The number of anilines is 1. The highest BCUT2D eigenvalue weighted by molar-refractivity contribution is 6.28. The maximum Gasteiger partial charge on any atom is 0.194 e. The Morgan fingerprint density at radius 1 is 0.737 bits per heavy atom. The minimum absolute atomic E-state index is 0.0779. The van der Waals surface area contributed by atoms with Crippen LogP contribution >= 0.6 is 0 Å². The molecule has 1 aliphatic carbocycles. The number of fused-ring (bicyclic) bond motifs is 5. The molecule has 2 heteroatoms. The van der Waals surface area contributed by atoms with Gasteiger partial charge in [-0.1, -0.05) is 48.5 Å². The molecule has 0 saturated heterocycles. The predicted molar refractivity (Wildman–Crippen MR) is 77.2 cm³/mol. The molecule has 3 aromatic rings. The molecule has 90 valence electrons. The molecule has 0 aromatic heterocycles. The van der Waals surface area contributed by atoms with Crippen LogP contribution in [0.25, 0.3) is 21.9 Å². The van der Waals surface area contributed by atoms with Crippen LogP contribution in [0, 0.1) is 0 Å². The van der Waals surface area contributed by atoms with Gasteiger partial charge in [-0.25, -0.2) is 0 Å². The molecule has 1 aliphatic rings. The van der Waals surface area contributed by atoms with Crippen molar-refractivity contribution in [3.8, 4) is 11.1 Å². The minimum Gasteiger partial charge on any atom is -0.398 e. The number of hydrogen-bond donors (Lipinski definition) is 1. The van der Waals surface area contributed by atoms with Crippen molar-refractivity contribution < 1.29 is 4.79 Å². The van der Waals surface area contributed by atoms with Crippen molar-refractivity contribution in [3.05, 3.63) is 65.7 Å². The van der Waals surface area contributed by atoms with Crippen molar-refractivity contribution in [1.29, 1.82) is 0 Å². The first-order chi connectivity index (χ1) is 9.27. The highest BCUT2D eigenvalue weighted by Crippen LogP contribution is 2.42. The topological polar surface area (TPSA) is 43.1 Å². The van der Waals surface area contributed by atoms with Gasteiger partial charge in [0.05, 0.1) is 0 Å². The van der Waals surface area contributed by atoms with Gasteiger partial charge in [0.15, 0.2) is 5.78 Å². The van der Waals surface area contributed by atoms with Crippen molar-refractivity contribution in [2.75, 3.05) is 5.73 Å². The van der Waals surface area contributed by atoms with Crippen LogP contribution in [-0.4, -0.2) is 5.78 Å². The number of hydrogen-bond acceptors (Lipinski definition) is 2. The fourth-order valence-electron chi connectivity index (χ4n) is 2.92. The number of carbonyl (C=O) groups is 1. The highest BCUT2D eigenvalue weighted by Gasteiger charge is 2.29. The van der Waals surface area contributed by atoms with Gasteiger partial charge in [0, 0.05) is 22.4 Å². The molecule has 0 heterocycles. The summed E-state index contributed by atoms with van der Waals surface area (Å²) < 4.78 is 0. The molecule has 0 unspecified atom stereocenters. The van der Waals surface area contributed by atoms with E-state index in [1.54, 1.807) is 0 Å². The minimum atomic E-state index is 0.0779. The quantitative estimate of drug-likeness (QED) is 0.481. The molecule has 0 aliphatic heterocycles. The molecular formula is C17H11NO. The molecule has 4 rings (SSSR count). The van der Waals surface area contributed by atoms with Gasteiger partial charge in [-0.05, 0) is 22.4 Å². The van der Waals surface area contributed by atoms with E-state index in [9.17, 15) is 4.79 Å². The third kappa shape index (κ3) is 1.23. The van der Waals surface area contributed by atoms with Crippen LogP contribution < -0.4 is 5.73 Å². The van der Waals surface area contributed by atoms with Crippen LogP contribution in [0.1, 0.15) is 15.9 Å². The van der Waals surface area contributed by atoms with Crippen LogP contribution in [0.2, 0.25) is 0 Å². The SMILES string of the molecule is Nc1cccc2c1-c1ccc3ccccc3c1C2=O. The number of rotatable bonds is 0. The zero-order valence-electron chi connectivity index (χ0n) is 10.2. The summed E-state index contributed by atoms with van der Waals surface area (Å²) in [7, 11) is 0. The lowest BCUT2D eigenvalue weighted by molar-refractivity contribution is 0.104. The van der Waals surface area contributed by atoms with Crippen molar-refractivity contribution in [2.45, 2.75) is 0 Å². The first kappa shape index (κ1) is 10.3. The summed E-state index contributed by atoms with van der Waals surface area (Å²) in [5.74, 6) is 0.0779. The van der Waals surface area contributed by atoms with E-state index in [1.165, 1.54) is 0 Å². The summed E-state index contributed by atoms with van der Waals surface area (Å²) >= 11 is 0. The van der Waals surface area contributed by atoms with Gasteiger partial charge in [-0.15, -0.1) is 0 Å². The summed E-state index contributed by atoms with van der Waals surface area (Å²) in [4.78, 5) is 12.6. The molecule has 0 atom stereocenters. The van der Waals surface area contributed by atoms with E-state index in [2.05, 4.69) is 0 Å². The average Bonchev–Trinajstić information content (AvgIpc) is 2.74. The van der Waals surface area contributed by atoms with Gasteiger partial charge in [0.2, 0.25) is 0 Å². The second kappa shape index (κ2) is 3.45. The summed E-state index contributed by atoms with van der Waals surface area (Å²) in [5.41, 5.74) is 10.0. The van der Waals surface area contributed by atoms with Crippen molar-refractivity contribution in [2.24, 2.45) is 0 Å². The Morgan fingerprint density at radius 2 is 1.58 bits per heavy atom. The molecule has 19 heavy (non-hydrogen) atoms. The second-order valence-electron chi connectivity index (χ2n) is 4.81. The van der Waals surface area contributed by atoms with Crippen LogP contribution in [0.15, 0.2) is 54.6 Å². The number of benzene rings is 3. The maximum atomic E-state index is 12.6. The summed E-state index contributed by atoms with van der Waals surface area (Å²) in [6.45, 7) is 0. The summed E-state index contributed by atoms with van der Waals surface area (Å²) in [6.07, 6.45) is 0. The first-order valence-electron chi connectivity index (χ1n) is 6.22. The van der Waals surface area contributed by atoms with E-state index in [-0.39, 0.29) is 5.78 Å². The summed E-state index contributed by atoms with van der Waals surface area (Å²) in [6, 6.07) is 17.5. The predicted octanol–water partition coefficient (Wildman–Crippen LogP) is 3.63. The fraction of sp³-hybridized carbons (Fsp3) is 0. The Kier molecular flexibility index (Phi) is 1.88. The van der Waals surface area contributed by atoms with E-state index >= 15 is 0 Å². The van der Waals surface area contributed by atoms with E-state index in [0.717, 1.165) is 27.5 Å². The van der Waals surface area contributed by atoms with Crippen molar-refractivity contribution >= 4 is 22.2 Å². The number of carbonyl (C=O) groups excluding carboxylic acids is 1. The molecule has 0 saturated carbocycles. The largest absolute Gasteiger partial charge is 0.398 e. The van der Waals surface area contributed by atoms with Crippen molar-refractivity contribution in [3.63, 3.8) is 0 Å². The van der Waals surface area contributed by atoms with Gasteiger partial charge in [-0.2, -0.15) is 0 Å².